The lowest BCUT2D eigenvalue weighted by Crippen LogP contribution is -2.50. The molecule has 2 aliphatic rings. The molecule has 0 unspecified atom stereocenters. The maximum absolute atomic E-state index is 12.7. The van der Waals surface area contributed by atoms with E-state index in [2.05, 4.69) is 10.3 Å². The van der Waals surface area contributed by atoms with Crippen LogP contribution in [0.3, 0.4) is 0 Å². The number of nitrogens with one attached hydrogen (secondary N) is 1. The van der Waals surface area contributed by atoms with Gasteiger partial charge in [-0.1, -0.05) is 25.3 Å². The molecule has 1 saturated heterocycles. The minimum Gasteiger partial charge on any atom is -0.348 e. The van der Waals surface area contributed by atoms with Crippen molar-refractivity contribution in [1.82, 2.24) is 20.1 Å². The lowest BCUT2D eigenvalue weighted by molar-refractivity contribution is -0.130. The molecule has 1 N–H and O–H groups in total. The molecule has 0 atom stereocenters. The van der Waals surface area contributed by atoms with E-state index in [9.17, 15) is 14.4 Å². The van der Waals surface area contributed by atoms with Crippen molar-refractivity contribution in [1.29, 1.82) is 0 Å². The van der Waals surface area contributed by atoms with Gasteiger partial charge in [-0.25, -0.2) is 4.98 Å². The van der Waals surface area contributed by atoms with E-state index in [1.54, 1.807) is 28.0 Å². The Balaban J connectivity index is 1.62. The molecule has 7 nitrogen and oxygen atoms in total. The molecule has 0 spiro atoms. The fourth-order valence-corrected chi connectivity index (χ4v) is 3.57. The normalized spacial score (nSPS) is 18.5. The third-order valence-corrected chi connectivity index (χ3v) is 5.15. The molecule has 0 aromatic carbocycles. The van der Waals surface area contributed by atoms with Crippen molar-refractivity contribution < 1.29 is 14.4 Å². The molecule has 1 aromatic rings. The van der Waals surface area contributed by atoms with Crippen LogP contribution in [0.1, 0.15) is 60.0 Å². The molecule has 140 valence electrons. The van der Waals surface area contributed by atoms with Gasteiger partial charge in [-0.3, -0.25) is 14.4 Å². The van der Waals surface area contributed by atoms with Crippen LogP contribution in [-0.4, -0.2) is 64.7 Å². The average molecular weight is 358 g/mol. The van der Waals surface area contributed by atoms with E-state index in [1.807, 2.05) is 0 Å². The molecule has 0 bridgehead atoms. The summed E-state index contributed by atoms with van der Waals surface area (Å²) in [6, 6.07) is 5.18. The summed E-state index contributed by atoms with van der Waals surface area (Å²) in [6.07, 6.45) is 5.52. The number of hydrogen-bond donors (Lipinski definition) is 1. The van der Waals surface area contributed by atoms with Gasteiger partial charge in [0.15, 0.2) is 0 Å². The molecule has 1 aliphatic heterocycles. The molecule has 2 fully saturated rings. The Bertz CT molecular complexity index is 677. The van der Waals surface area contributed by atoms with Crippen LogP contribution in [0.4, 0.5) is 0 Å². The van der Waals surface area contributed by atoms with E-state index >= 15 is 0 Å². The maximum atomic E-state index is 12.7. The minimum atomic E-state index is -0.215. The molecule has 2 heterocycles. The zero-order valence-electron chi connectivity index (χ0n) is 15.2. The summed E-state index contributed by atoms with van der Waals surface area (Å²) < 4.78 is 0. The van der Waals surface area contributed by atoms with Gasteiger partial charge in [0.2, 0.25) is 5.91 Å². The molecule has 7 heteroatoms. The zero-order valence-corrected chi connectivity index (χ0v) is 15.2. The number of hydrogen-bond acceptors (Lipinski definition) is 4. The van der Waals surface area contributed by atoms with Gasteiger partial charge >= 0.3 is 0 Å². The molecule has 0 radical (unpaired) electrons. The number of carbonyl (C=O) groups is 3. The Labute approximate surface area is 153 Å². The lowest BCUT2D eigenvalue weighted by atomic mass is 9.95. The first kappa shape index (κ1) is 18.4. The standard InChI is InChI=1S/C19H26N4O3/c1-14(24)22-10-12-23(13-11-22)19(26)17-9-5-8-16(21-17)18(25)20-15-6-3-2-4-7-15/h5,8-9,15H,2-4,6-7,10-13H2,1H3,(H,20,25). The minimum absolute atomic E-state index is 0.0246. The van der Waals surface area contributed by atoms with Gasteiger partial charge in [0.1, 0.15) is 11.4 Å². The van der Waals surface area contributed by atoms with Crippen molar-refractivity contribution in [2.45, 2.75) is 45.1 Å². The first-order chi connectivity index (χ1) is 12.5. The molecule has 26 heavy (non-hydrogen) atoms. The zero-order chi connectivity index (χ0) is 18.5. The van der Waals surface area contributed by atoms with Gasteiger partial charge < -0.3 is 15.1 Å². The molecule has 1 aliphatic carbocycles. The average Bonchev–Trinajstić information content (AvgIpc) is 2.68. The maximum Gasteiger partial charge on any atom is 0.272 e. The Hall–Kier alpha value is -2.44. The second kappa shape index (κ2) is 8.29. The van der Waals surface area contributed by atoms with E-state index in [4.69, 9.17) is 0 Å². The Morgan fingerprint density at radius 1 is 0.962 bits per heavy atom. The summed E-state index contributed by atoms with van der Waals surface area (Å²) in [5.41, 5.74) is 0.557. The van der Waals surface area contributed by atoms with Crippen molar-refractivity contribution in [2.75, 3.05) is 26.2 Å². The number of aromatic nitrogens is 1. The molecule has 3 rings (SSSR count). The first-order valence-corrected chi connectivity index (χ1v) is 9.37. The van der Waals surface area contributed by atoms with Crippen LogP contribution in [0.15, 0.2) is 18.2 Å². The highest BCUT2D eigenvalue weighted by Gasteiger charge is 2.25. The number of nitrogens with zero attached hydrogens (tertiary/aromatic N) is 3. The highest BCUT2D eigenvalue weighted by Crippen LogP contribution is 2.18. The molecular formula is C19H26N4O3. The van der Waals surface area contributed by atoms with E-state index < -0.39 is 0 Å². The van der Waals surface area contributed by atoms with Gasteiger partial charge in [-0.05, 0) is 25.0 Å². The van der Waals surface area contributed by atoms with Gasteiger partial charge in [-0.2, -0.15) is 0 Å². The summed E-state index contributed by atoms with van der Waals surface area (Å²) in [5, 5.41) is 3.03. The summed E-state index contributed by atoms with van der Waals surface area (Å²) in [4.78, 5) is 44.2. The SMILES string of the molecule is CC(=O)N1CCN(C(=O)c2cccc(C(=O)NC3CCCCC3)n2)CC1. The first-order valence-electron chi connectivity index (χ1n) is 9.37. The van der Waals surface area contributed by atoms with Crippen molar-refractivity contribution in [3.05, 3.63) is 29.6 Å². The van der Waals surface area contributed by atoms with Crippen LogP contribution in [0.25, 0.3) is 0 Å². The summed E-state index contributed by atoms with van der Waals surface area (Å²) >= 11 is 0. The third-order valence-electron chi connectivity index (χ3n) is 5.15. The van der Waals surface area contributed by atoms with Crippen LogP contribution in [-0.2, 0) is 4.79 Å². The molecule has 1 saturated carbocycles. The van der Waals surface area contributed by atoms with Crippen molar-refractivity contribution in [2.24, 2.45) is 0 Å². The fraction of sp³-hybridized carbons (Fsp3) is 0.579. The largest absolute Gasteiger partial charge is 0.348 e. The third kappa shape index (κ3) is 4.39. The second-order valence-corrected chi connectivity index (χ2v) is 7.01. The van der Waals surface area contributed by atoms with Gasteiger partial charge in [0, 0.05) is 39.1 Å². The van der Waals surface area contributed by atoms with E-state index in [0.29, 0.717) is 26.2 Å². The monoisotopic (exact) mass is 358 g/mol. The van der Waals surface area contributed by atoms with E-state index in [1.165, 1.54) is 13.3 Å². The number of rotatable bonds is 3. The topological polar surface area (TPSA) is 82.6 Å². The number of pyridine rings is 1. The van der Waals surface area contributed by atoms with E-state index in [-0.39, 0.29) is 35.2 Å². The van der Waals surface area contributed by atoms with Gasteiger partial charge in [0.25, 0.3) is 11.8 Å². The summed E-state index contributed by atoms with van der Waals surface area (Å²) in [5.74, 6) is -0.384. The highest BCUT2D eigenvalue weighted by molar-refractivity contribution is 5.96. The van der Waals surface area contributed by atoms with Gasteiger partial charge in [-0.15, -0.1) is 0 Å². The predicted molar refractivity (Wildman–Crippen MR) is 96.7 cm³/mol. The molecule has 1 aromatic heterocycles. The second-order valence-electron chi connectivity index (χ2n) is 7.01. The summed E-state index contributed by atoms with van der Waals surface area (Å²) in [7, 11) is 0. The highest BCUT2D eigenvalue weighted by atomic mass is 16.2. The van der Waals surface area contributed by atoms with Crippen LogP contribution in [0.2, 0.25) is 0 Å². The fourth-order valence-electron chi connectivity index (χ4n) is 3.57. The van der Waals surface area contributed by atoms with Crippen molar-refractivity contribution in [3.63, 3.8) is 0 Å². The van der Waals surface area contributed by atoms with Crippen LogP contribution >= 0.6 is 0 Å². The van der Waals surface area contributed by atoms with Crippen LogP contribution < -0.4 is 5.32 Å². The Kier molecular flexibility index (Phi) is 5.85. The van der Waals surface area contributed by atoms with Crippen LogP contribution in [0.5, 0.6) is 0 Å². The van der Waals surface area contributed by atoms with Gasteiger partial charge in [0.05, 0.1) is 0 Å². The van der Waals surface area contributed by atoms with Crippen molar-refractivity contribution in [3.8, 4) is 0 Å². The lowest BCUT2D eigenvalue weighted by Gasteiger charge is -2.34. The number of amides is 3. The summed E-state index contributed by atoms with van der Waals surface area (Å²) in [6.45, 7) is 3.57. The smallest absolute Gasteiger partial charge is 0.272 e. The quantitative estimate of drug-likeness (QED) is 0.886. The Morgan fingerprint density at radius 3 is 2.23 bits per heavy atom. The van der Waals surface area contributed by atoms with Crippen molar-refractivity contribution >= 4 is 17.7 Å². The predicted octanol–water partition coefficient (Wildman–Crippen LogP) is 1.45. The molecule has 3 amide bonds. The molecular weight excluding hydrogens is 332 g/mol. The number of piperazine rings is 1. The van der Waals surface area contributed by atoms with E-state index in [0.717, 1.165) is 25.7 Å². The van der Waals surface area contributed by atoms with Crippen LogP contribution in [0, 0.1) is 0 Å². The number of carbonyl (C=O) groups excluding carboxylic acids is 3. The Morgan fingerprint density at radius 2 is 1.58 bits per heavy atom.